The smallest absolute Gasteiger partial charge is 0.255 e. The predicted octanol–water partition coefficient (Wildman–Crippen LogP) is 1.52. The molecule has 0 radical (unpaired) electrons. The van der Waals surface area contributed by atoms with Gasteiger partial charge in [-0.25, -0.2) is 8.42 Å². The number of anilines is 1. The number of carbonyl (C=O) groups is 1. The molecule has 9 heteroatoms. The molecule has 0 aliphatic rings. The van der Waals surface area contributed by atoms with E-state index in [1.54, 1.807) is 6.92 Å². The lowest BCUT2D eigenvalue weighted by Crippen LogP contribution is -2.29. The molecule has 120 valence electrons. The van der Waals surface area contributed by atoms with Gasteiger partial charge in [0.2, 0.25) is 0 Å². The molecule has 1 rings (SSSR count). The van der Waals surface area contributed by atoms with E-state index < -0.39 is 15.7 Å². The minimum Gasteiger partial charge on any atom is -0.496 e. The van der Waals surface area contributed by atoms with E-state index in [2.05, 4.69) is 5.32 Å². The van der Waals surface area contributed by atoms with Crippen molar-refractivity contribution in [1.29, 1.82) is 0 Å². The van der Waals surface area contributed by atoms with Crippen LogP contribution in [0, 0.1) is 0 Å². The van der Waals surface area contributed by atoms with E-state index in [1.807, 2.05) is 0 Å². The maximum atomic E-state index is 12.0. The van der Waals surface area contributed by atoms with Gasteiger partial charge in [-0.2, -0.15) is 0 Å². The summed E-state index contributed by atoms with van der Waals surface area (Å²) >= 11 is 5.86. The molecule has 0 unspecified atom stereocenters. The Hall–Kier alpha value is -1.18. The van der Waals surface area contributed by atoms with Crippen molar-refractivity contribution in [2.45, 2.75) is 6.92 Å². The van der Waals surface area contributed by atoms with E-state index in [-0.39, 0.29) is 46.8 Å². The van der Waals surface area contributed by atoms with Gasteiger partial charge in [0.1, 0.15) is 5.75 Å². The zero-order valence-corrected chi connectivity index (χ0v) is 14.1. The average molecular weight is 357 g/mol. The fraction of sp³-hybridized carbons (Fsp3) is 0.417. The van der Waals surface area contributed by atoms with Crippen molar-refractivity contribution in [1.82, 2.24) is 5.32 Å². The number of rotatable bonds is 6. The summed E-state index contributed by atoms with van der Waals surface area (Å²) in [5.41, 5.74) is 6.13. The summed E-state index contributed by atoms with van der Waals surface area (Å²) in [6.07, 6.45) is 0. The molecule has 21 heavy (non-hydrogen) atoms. The number of halogens is 2. The third kappa shape index (κ3) is 5.61. The van der Waals surface area contributed by atoms with E-state index >= 15 is 0 Å². The topological polar surface area (TPSA) is 98.5 Å². The Morgan fingerprint density at radius 3 is 2.57 bits per heavy atom. The Morgan fingerprint density at radius 1 is 1.43 bits per heavy atom. The number of carbonyl (C=O) groups excluding carboxylic acids is 1. The van der Waals surface area contributed by atoms with Gasteiger partial charge in [0.15, 0.2) is 9.84 Å². The molecule has 0 saturated heterocycles. The molecule has 0 bridgehead atoms. The van der Waals surface area contributed by atoms with Crippen molar-refractivity contribution in [3.63, 3.8) is 0 Å². The van der Waals surface area contributed by atoms with E-state index in [1.165, 1.54) is 19.2 Å². The van der Waals surface area contributed by atoms with Crippen LogP contribution in [0.3, 0.4) is 0 Å². The van der Waals surface area contributed by atoms with E-state index in [9.17, 15) is 13.2 Å². The molecule has 1 aromatic rings. The number of hydrogen-bond acceptors (Lipinski definition) is 5. The number of sulfone groups is 1. The SMILES string of the molecule is CCS(=O)(=O)CCNC(=O)c1cc(Cl)c(N)cc1OC.Cl. The Morgan fingerprint density at radius 2 is 2.05 bits per heavy atom. The molecule has 0 fully saturated rings. The monoisotopic (exact) mass is 356 g/mol. The molecule has 3 N–H and O–H groups in total. The number of nitrogens with one attached hydrogen (secondary N) is 1. The lowest BCUT2D eigenvalue weighted by Gasteiger charge is -2.11. The van der Waals surface area contributed by atoms with Gasteiger partial charge in [0.25, 0.3) is 5.91 Å². The van der Waals surface area contributed by atoms with Crippen LogP contribution in [0.1, 0.15) is 17.3 Å². The van der Waals surface area contributed by atoms with Crippen molar-refractivity contribution in [2.75, 3.05) is 30.9 Å². The first-order chi connectivity index (χ1) is 9.30. The third-order valence-electron chi connectivity index (χ3n) is 2.70. The van der Waals surface area contributed by atoms with E-state index in [0.717, 1.165) is 0 Å². The second-order valence-electron chi connectivity index (χ2n) is 4.07. The molecule has 0 aliphatic heterocycles. The molecule has 1 aromatic carbocycles. The van der Waals surface area contributed by atoms with Crippen molar-refractivity contribution in [3.8, 4) is 5.75 Å². The minimum atomic E-state index is -3.12. The average Bonchev–Trinajstić information content (AvgIpc) is 2.41. The maximum absolute atomic E-state index is 12.0. The largest absolute Gasteiger partial charge is 0.496 e. The van der Waals surface area contributed by atoms with Gasteiger partial charge < -0.3 is 15.8 Å². The zero-order chi connectivity index (χ0) is 15.3. The van der Waals surface area contributed by atoms with Gasteiger partial charge in [-0.05, 0) is 6.07 Å². The summed E-state index contributed by atoms with van der Waals surface area (Å²) in [6.45, 7) is 1.58. The number of hydrogen-bond donors (Lipinski definition) is 2. The molecular weight excluding hydrogens is 339 g/mol. The van der Waals surface area contributed by atoms with Gasteiger partial charge in [-0.3, -0.25) is 4.79 Å². The summed E-state index contributed by atoms with van der Waals surface area (Å²) in [6, 6.07) is 2.83. The highest BCUT2D eigenvalue weighted by atomic mass is 35.5. The number of ether oxygens (including phenoxy) is 1. The molecule has 6 nitrogen and oxygen atoms in total. The minimum absolute atomic E-state index is 0. The van der Waals surface area contributed by atoms with Crippen LogP contribution in [-0.2, 0) is 9.84 Å². The normalized spacial score (nSPS) is 10.6. The zero-order valence-electron chi connectivity index (χ0n) is 11.7. The summed E-state index contributed by atoms with van der Waals surface area (Å²) in [5.74, 6) is -0.252. The summed E-state index contributed by atoms with van der Waals surface area (Å²) < 4.78 is 27.7. The van der Waals surface area contributed by atoms with Crippen LogP contribution in [0.25, 0.3) is 0 Å². The van der Waals surface area contributed by atoms with Gasteiger partial charge in [0.05, 0.1) is 29.1 Å². The van der Waals surface area contributed by atoms with E-state index in [4.69, 9.17) is 22.1 Å². The third-order valence-corrected chi connectivity index (χ3v) is 4.73. The lowest BCUT2D eigenvalue weighted by atomic mass is 10.1. The number of methoxy groups -OCH3 is 1. The van der Waals surface area contributed by atoms with Crippen molar-refractivity contribution < 1.29 is 17.9 Å². The second kappa shape index (κ2) is 8.31. The lowest BCUT2D eigenvalue weighted by molar-refractivity contribution is 0.0953. The van der Waals surface area contributed by atoms with Crippen LogP contribution in [0.4, 0.5) is 5.69 Å². The second-order valence-corrected chi connectivity index (χ2v) is 6.95. The first kappa shape index (κ1) is 19.8. The summed E-state index contributed by atoms with van der Waals surface area (Å²) in [7, 11) is -1.72. The first-order valence-corrected chi connectivity index (χ1v) is 8.12. The van der Waals surface area contributed by atoms with Gasteiger partial charge >= 0.3 is 0 Å². The molecule has 0 aliphatic carbocycles. The predicted molar refractivity (Wildman–Crippen MR) is 86.3 cm³/mol. The molecule has 1 amide bonds. The Kier molecular flexibility index (Phi) is 7.84. The van der Waals surface area contributed by atoms with Crippen molar-refractivity contribution in [2.24, 2.45) is 0 Å². The van der Waals surface area contributed by atoms with Crippen molar-refractivity contribution in [3.05, 3.63) is 22.7 Å². The molecule has 0 heterocycles. The van der Waals surface area contributed by atoms with Gasteiger partial charge in [-0.1, -0.05) is 18.5 Å². The molecule has 0 saturated carbocycles. The number of nitrogen functional groups attached to an aromatic ring is 1. The molecule has 0 aromatic heterocycles. The molecule has 0 atom stereocenters. The van der Waals surface area contributed by atoms with Crippen molar-refractivity contribution >= 4 is 45.4 Å². The Balaban J connectivity index is 0.00000400. The van der Waals surface area contributed by atoms with Crippen LogP contribution in [0.5, 0.6) is 5.75 Å². The highest BCUT2D eigenvalue weighted by Crippen LogP contribution is 2.28. The Labute approximate surface area is 135 Å². The number of nitrogens with two attached hydrogens (primary N) is 1. The van der Waals surface area contributed by atoms with Crippen LogP contribution in [0.2, 0.25) is 5.02 Å². The fourth-order valence-corrected chi connectivity index (χ4v) is 2.34. The summed E-state index contributed by atoms with van der Waals surface area (Å²) in [4.78, 5) is 12.0. The molecule has 0 spiro atoms. The Bertz CT molecular complexity index is 606. The first-order valence-electron chi connectivity index (χ1n) is 5.92. The standard InChI is InChI=1S/C12H17ClN2O4S.ClH/c1-3-20(17,18)5-4-15-12(16)8-6-9(13)10(14)7-11(8)19-2;/h6-7H,3-5,14H2,1-2H3,(H,15,16);1H. The van der Waals surface area contributed by atoms with Gasteiger partial charge in [-0.15, -0.1) is 12.4 Å². The summed E-state index contributed by atoms with van der Waals surface area (Å²) in [5, 5.41) is 2.75. The van der Waals surface area contributed by atoms with Crippen LogP contribution in [-0.4, -0.2) is 39.5 Å². The quantitative estimate of drug-likeness (QED) is 0.752. The molecular formula is C12H18Cl2N2O4S. The number of amides is 1. The fourth-order valence-electron chi connectivity index (χ4n) is 1.48. The maximum Gasteiger partial charge on any atom is 0.255 e. The van der Waals surface area contributed by atoms with Crippen LogP contribution < -0.4 is 15.8 Å². The highest BCUT2D eigenvalue weighted by Gasteiger charge is 2.15. The number of benzene rings is 1. The highest BCUT2D eigenvalue weighted by molar-refractivity contribution is 7.91. The van der Waals surface area contributed by atoms with Gasteiger partial charge in [0, 0.05) is 18.4 Å². The van der Waals surface area contributed by atoms with Crippen LogP contribution >= 0.6 is 24.0 Å². The van der Waals surface area contributed by atoms with Crippen LogP contribution in [0.15, 0.2) is 12.1 Å². The van der Waals surface area contributed by atoms with E-state index in [0.29, 0.717) is 5.69 Å².